The lowest BCUT2D eigenvalue weighted by atomic mass is 10.0. The number of benzene rings is 1. The number of rotatable bonds is 5. The summed E-state index contributed by atoms with van der Waals surface area (Å²) < 4.78 is 5.29. The molecule has 0 saturated carbocycles. The van der Waals surface area contributed by atoms with E-state index in [1.165, 1.54) is 0 Å². The Labute approximate surface area is 118 Å². The third-order valence-corrected chi connectivity index (χ3v) is 3.12. The number of hydrogen-bond acceptors (Lipinski definition) is 4. The van der Waals surface area contributed by atoms with Gasteiger partial charge in [-0.25, -0.2) is 0 Å². The molecule has 1 aromatic carbocycles. The second-order valence-electron chi connectivity index (χ2n) is 4.67. The van der Waals surface area contributed by atoms with E-state index < -0.39 is 0 Å². The van der Waals surface area contributed by atoms with Crippen molar-refractivity contribution in [3.63, 3.8) is 0 Å². The van der Waals surface area contributed by atoms with Crippen LogP contribution >= 0.6 is 0 Å². The number of aromatic nitrogens is 1. The molecule has 4 heteroatoms. The molecule has 0 amide bonds. The van der Waals surface area contributed by atoms with E-state index in [0.29, 0.717) is 18.7 Å². The first-order chi connectivity index (χ1) is 9.66. The highest BCUT2D eigenvalue weighted by atomic mass is 16.5. The van der Waals surface area contributed by atoms with Gasteiger partial charge >= 0.3 is 5.97 Å². The van der Waals surface area contributed by atoms with Gasteiger partial charge in [0.2, 0.25) is 0 Å². The van der Waals surface area contributed by atoms with E-state index in [2.05, 4.69) is 4.98 Å². The summed E-state index contributed by atoms with van der Waals surface area (Å²) in [7, 11) is 0. The van der Waals surface area contributed by atoms with Gasteiger partial charge in [-0.05, 0) is 36.2 Å². The molecule has 0 radical (unpaired) electrons. The van der Waals surface area contributed by atoms with Crippen molar-refractivity contribution in [2.24, 2.45) is 0 Å². The van der Waals surface area contributed by atoms with E-state index >= 15 is 0 Å². The third-order valence-electron chi connectivity index (χ3n) is 3.12. The number of hydrogen-bond donors (Lipinski definition) is 1. The number of ether oxygens (including phenoxy) is 1. The Balaban J connectivity index is 1.85. The topological polar surface area (TPSA) is 65.2 Å². The van der Waals surface area contributed by atoms with Crippen molar-refractivity contribution in [2.45, 2.75) is 19.3 Å². The van der Waals surface area contributed by atoms with E-state index in [-0.39, 0.29) is 11.9 Å². The molecule has 4 nitrogen and oxygen atoms in total. The van der Waals surface area contributed by atoms with E-state index in [1.807, 2.05) is 31.2 Å². The minimum absolute atomic E-state index is 0.237. The molecule has 1 aromatic heterocycles. The highest BCUT2D eigenvalue weighted by Crippen LogP contribution is 2.19. The second-order valence-corrected chi connectivity index (χ2v) is 4.67. The molecule has 0 fully saturated rings. The van der Waals surface area contributed by atoms with Gasteiger partial charge in [-0.2, -0.15) is 0 Å². The number of nitrogen functional groups attached to an aromatic ring is 1. The molecule has 0 aliphatic rings. The van der Waals surface area contributed by atoms with Gasteiger partial charge in [-0.1, -0.05) is 18.2 Å². The second kappa shape index (κ2) is 6.70. The predicted octanol–water partition coefficient (Wildman–Crippen LogP) is 2.55. The molecule has 1 atom stereocenters. The van der Waals surface area contributed by atoms with E-state index in [0.717, 1.165) is 11.1 Å². The Morgan fingerprint density at radius 2 is 2.20 bits per heavy atom. The van der Waals surface area contributed by atoms with Crippen LogP contribution in [0, 0.1) is 0 Å². The van der Waals surface area contributed by atoms with Gasteiger partial charge in [0.25, 0.3) is 0 Å². The number of carbonyl (C=O) groups is 1. The van der Waals surface area contributed by atoms with Crippen molar-refractivity contribution in [3.05, 3.63) is 59.9 Å². The Morgan fingerprint density at radius 1 is 1.35 bits per heavy atom. The minimum atomic E-state index is -0.313. The molecule has 1 heterocycles. The molecule has 1 unspecified atom stereocenters. The molecule has 20 heavy (non-hydrogen) atoms. The SMILES string of the molecule is CC(C(=O)OCCc1cccnc1)c1cccc(N)c1. The zero-order valence-electron chi connectivity index (χ0n) is 11.5. The minimum Gasteiger partial charge on any atom is -0.465 e. The van der Waals surface area contributed by atoms with Crippen LogP contribution in [0.2, 0.25) is 0 Å². The predicted molar refractivity (Wildman–Crippen MR) is 78.2 cm³/mol. The lowest BCUT2D eigenvalue weighted by Crippen LogP contribution is -2.15. The average Bonchev–Trinajstić information content (AvgIpc) is 2.47. The molecule has 0 bridgehead atoms. The fraction of sp³-hybridized carbons (Fsp3) is 0.250. The van der Waals surface area contributed by atoms with Crippen LogP contribution in [0.4, 0.5) is 5.69 Å². The van der Waals surface area contributed by atoms with E-state index in [1.54, 1.807) is 24.5 Å². The third kappa shape index (κ3) is 3.82. The Morgan fingerprint density at radius 3 is 2.90 bits per heavy atom. The number of anilines is 1. The number of esters is 1. The summed E-state index contributed by atoms with van der Waals surface area (Å²) in [6.07, 6.45) is 4.16. The molecule has 0 saturated heterocycles. The summed E-state index contributed by atoms with van der Waals surface area (Å²) in [6, 6.07) is 11.1. The first-order valence-corrected chi connectivity index (χ1v) is 6.58. The number of carbonyl (C=O) groups excluding carboxylic acids is 1. The lowest BCUT2D eigenvalue weighted by molar-refractivity contribution is -0.144. The van der Waals surface area contributed by atoms with Crippen LogP contribution in [-0.2, 0) is 16.0 Å². The van der Waals surface area contributed by atoms with Crippen LogP contribution in [0.1, 0.15) is 24.0 Å². The highest BCUT2D eigenvalue weighted by Gasteiger charge is 2.16. The van der Waals surface area contributed by atoms with Crippen LogP contribution in [0.3, 0.4) is 0 Å². The molecule has 2 rings (SSSR count). The van der Waals surface area contributed by atoms with Gasteiger partial charge in [-0.3, -0.25) is 9.78 Å². The first kappa shape index (κ1) is 14.1. The Bertz CT molecular complexity index is 570. The lowest BCUT2D eigenvalue weighted by Gasteiger charge is -2.12. The molecular formula is C16H18N2O2. The van der Waals surface area contributed by atoms with Crippen LogP contribution in [0.15, 0.2) is 48.8 Å². The van der Waals surface area contributed by atoms with Gasteiger partial charge in [0, 0.05) is 24.5 Å². The standard InChI is InChI=1S/C16H18N2O2/c1-12(14-5-2-6-15(17)10-14)16(19)20-9-7-13-4-3-8-18-11-13/h2-6,8,10-12H,7,9,17H2,1H3. The van der Waals surface area contributed by atoms with Gasteiger partial charge in [0.1, 0.15) is 0 Å². The van der Waals surface area contributed by atoms with Crippen molar-refractivity contribution >= 4 is 11.7 Å². The van der Waals surface area contributed by atoms with Gasteiger partial charge in [0.15, 0.2) is 0 Å². The van der Waals surface area contributed by atoms with Crippen molar-refractivity contribution in [3.8, 4) is 0 Å². The normalized spacial score (nSPS) is 11.8. The Kier molecular flexibility index (Phi) is 4.71. The first-order valence-electron chi connectivity index (χ1n) is 6.58. The van der Waals surface area contributed by atoms with Gasteiger partial charge < -0.3 is 10.5 Å². The van der Waals surface area contributed by atoms with Crippen molar-refractivity contribution < 1.29 is 9.53 Å². The molecule has 0 aliphatic carbocycles. The Hall–Kier alpha value is -2.36. The maximum atomic E-state index is 12.0. The van der Waals surface area contributed by atoms with Crippen LogP contribution in [0.5, 0.6) is 0 Å². The number of nitrogens with two attached hydrogens (primary N) is 1. The molecule has 2 N–H and O–H groups in total. The zero-order valence-corrected chi connectivity index (χ0v) is 11.5. The zero-order chi connectivity index (χ0) is 14.4. The van der Waals surface area contributed by atoms with Gasteiger partial charge in [-0.15, -0.1) is 0 Å². The van der Waals surface area contributed by atoms with Crippen LogP contribution in [-0.4, -0.2) is 17.6 Å². The highest BCUT2D eigenvalue weighted by molar-refractivity contribution is 5.78. The smallest absolute Gasteiger partial charge is 0.313 e. The van der Waals surface area contributed by atoms with Crippen molar-refractivity contribution in [2.75, 3.05) is 12.3 Å². The average molecular weight is 270 g/mol. The van der Waals surface area contributed by atoms with Crippen LogP contribution < -0.4 is 5.73 Å². The summed E-state index contributed by atoms with van der Waals surface area (Å²) >= 11 is 0. The fourth-order valence-corrected chi connectivity index (χ4v) is 1.90. The summed E-state index contributed by atoms with van der Waals surface area (Å²) in [4.78, 5) is 16.0. The molecule has 0 spiro atoms. The van der Waals surface area contributed by atoms with Gasteiger partial charge in [0.05, 0.1) is 12.5 Å². The summed E-state index contributed by atoms with van der Waals surface area (Å²) in [6.45, 7) is 2.18. The summed E-state index contributed by atoms with van der Waals surface area (Å²) in [5.41, 5.74) is 8.29. The molecule has 0 aliphatic heterocycles. The van der Waals surface area contributed by atoms with Crippen molar-refractivity contribution in [1.29, 1.82) is 0 Å². The molecule has 2 aromatic rings. The maximum Gasteiger partial charge on any atom is 0.313 e. The fourth-order valence-electron chi connectivity index (χ4n) is 1.90. The molecular weight excluding hydrogens is 252 g/mol. The summed E-state index contributed by atoms with van der Waals surface area (Å²) in [5, 5.41) is 0. The quantitative estimate of drug-likeness (QED) is 0.670. The maximum absolute atomic E-state index is 12.0. The van der Waals surface area contributed by atoms with Crippen LogP contribution in [0.25, 0.3) is 0 Å². The molecule has 104 valence electrons. The monoisotopic (exact) mass is 270 g/mol. The van der Waals surface area contributed by atoms with E-state index in [4.69, 9.17) is 10.5 Å². The van der Waals surface area contributed by atoms with Crippen molar-refractivity contribution in [1.82, 2.24) is 4.98 Å². The number of pyridine rings is 1. The largest absolute Gasteiger partial charge is 0.465 e. The summed E-state index contributed by atoms with van der Waals surface area (Å²) in [5.74, 6) is -0.549. The number of nitrogens with zero attached hydrogens (tertiary/aromatic N) is 1. The van der Waals surface area contributed by atoms with E-state index in [9.17, 15) is 4.79 Å².